The molecule has 0 aliphatic carbocycles. The smallest absolute Gasteiger partial charge is 0.0164 e. The van der Waals surface area contributed by atoms with E-state index in [0.717, 1.165) is 0 Å². The highest BCUT2D eigenvalue weighted by molar-refractivity contribution is 7.19. The lowest BCUT2D eigenvalue weighted by molar-refractivity contribution is -0.0128. The molecule has 2 heterocycles. The second-order valence-corrected chi connectivity index (χ2v) is 14.7. The summed E-state index contributed by atoms with van der Waals surface area (Å²) in [5.74, 6) is 0.886. The van der Waals surface area contributed by atoms with E-state index in [-0.39, 0.29) is 21.5 Å². The van der Waals surface area contributed by atoms with Crippen molar-refractivity contribution in [2.75, 3.05) is 0 Å². The first kappa shape index (κ1) is 27.9. The normalized spacial score (nSPS) is 35.1. The van der Waals surface area contributed by atoms with Gasteiger partial charge in [0.15, 0.2) is 0 Å². The van der Waals surface area contributed by atoms with Gasteiger partial charge in [-0.3, -0.25) is 4.90 Å². The van der Waals surface area contributed by atoms with E-state index in [0.29, 0.717) is 23.9 Å². The minimum atomic E-state index is 0.0211. The fourth-order valence-electron chi connectivity index (χ4n) is 8.54. The van der Waals surface area contributed by atoms with Gasteiger partial charge in [0, 0.05) is 40.1 Å². The summed E-state index contributed by atoms with van der Waals surface area (Å²) >= 11 is 0. The second-order valence-electron chi connectivity index (χ2n) is 13.5. The summed E-state index contributed by atoms with van der Waals surface area (Å²) in [6.07, 6.45) is 9.95. The van der Waals surface area contributed by atoms with Crippen molar-refractivity contribution in [1.82, 2.24) is 10.2 Å². The molecule has 186 valence electrons. The van der Waals surface area contributed by atoms with Gasteiger partial charge in [0.1, 0.15) is 0 Å². The Hall–Kier alpha value is -0.330. The van der Waals surface area contributed by atoms with Crippen LogP contribution in [0.1, 0.15) is 115 Å². The van der Waals surface area contributed by atoms with Crippen molar-refractivity contribution in [1.29, 1.82) is 0 Å². The zero-order chi connectivity index (χ0) is 24.7. The minimum Gasteiger partial charge on any atom is -0.363 e. The quantitative estimate of drug-likeness (QED) is 0.415. The average molecular weight is 463 g/mol. The molecule has 3 heteroatoms. The van der Waals surface area contributed by atoms with Crippen LogP contribution in [0, 0.1) is 22.7 Å². The van der Waals surface area contributed by atoms with Crippen molar-refractivity contribution < 1.29 is 0 Å². The van der Waals surface area contributed by atoms with E-state index in [4.69, 9.17) is 0 Å². The van der Waals surface area contributed by atoms with Crippen LogP contribution in [0.25, 0.3) is 0 Å². The van der Waals surface area contributed by atoms with Gasteiger partial charge in [-0.15, -0.1) is 9.24 Å². The molecule has 32 heavy (non-hydrogen) atoms. The van der Waals surface area contributed by atoms with E-state index in [1.807, 2.05) is 0 Å². The van der Waals surface area contributed by atoms with Gasteiger partial charge in [-0.25, -0.2) is 0 Å². The van der Waals surface area contributed by atoms with Gasteiger partial charge < -0.3 is 5.32 Å². The average Bonchev–Trinajstić information content (AvgIpc) is 2.64. The molecule has 0 aromatic heterocycles. The number of allylic oxidation sites excluding steroid dienone is 3. The molecule has 5 atom stereocenters. The molecule has 0 spiro atoms. The summed E-state index contributed by atoms with van der Waals surface area (Å²) in [6, 6.07) is 1.21. The lowest BCUT2D eigenvalue weighted by Crippen LogP contribution is -2.56. The third-order valence-corrected chi connectivity index (χ3v) is 8.99. The topological polar surface area (TPSA) is 15.3 Å². The van der Waals surface area contributed by atoms with Crippen molar-refractivity contribution in [2.45, 2.75) is 137 Å². The minimum absolute atomic E-state index is 0.0211. The van der Waals surface area contributed by atoms with Gasteiger partial charge in [-0.05, 0) is 70.1 Å². The van der Waals surface area contributed by atoms with Crippen molar-refractivity contribution >= 4 is 9.24 Å². The maximum absolute atomic E-state index is 4.64. The molecule has 2 rings (SSSR count). The Morgan fingerprint density at radius 3 is 2.09 bits per heavy atom. The van der Waals surface area contributed by atoms with Crippen LogP contribution in [0.4, 0.5) is 0 Å². The highest BCUT2D eigenvalue weighted by Gasteiger charge is 2.55. The SMILES string of the molecule is C=C1NC(C)=CC(C)(P)C2C1C(C)(C)CC(C)(C)N(C(CCC)CCC)C(C)CC2(C)C. The maximum Gasteiger partial charge on any atom is 0.0164 e. The first-order valence-corrected chi connectivity index (χ1v) is 13.8. The molecule has 5 unspecified atom stereocenters. The van der Waals surface area contributed by atoms with Crippen molar-refractivity contribution in [2.24, 2.45) is 22.7 Å². The molecule has 0 aromatic carbocycles. The van der Waals surface area contributed by atoms with Gasteiger partial charge >= 0.3 is 0 Å². The second kappa shape index (κ2) is 9.73. The molecule has 0 amide bonds. The van der Waals surface area contributed by atoms with E-state index < -0.39 is 0 Å². The van der Waals surface area contributed by atoms with Crippen LogP contribution in [0.15, 0.2) is 24.0 Å². The van der Waals surface area contributed by atoms with E-state index in [1.54, 1.807) is 0 Å². The summed E-state index contributed by atoms with van der Waals surface area (Å²) in [7, 11) is 3.25. The third kappa shape index (κ3) is 5.66. The molecule has 1 fully saturated rings. The van der Waals surface area contributed by atoms with Crippen LogP contribution in [-0.4, -0.2) is 27.7 Å². The zero-order valence-electron chi connectivity index (χ0n) is 23.4. The Bertz CT molecular complexity index is 694. The summed E-state index contributed by atoms with van der Waals surface area (Å²) < 4.78 is 0. The molecule has 2 nitrogen and oxygen atoms in total. The number of hydrogen-bond acceptors (Lipinski definition) is 2. The number of rotatable bonds is 5. The first-order chi connectivity index (χ1) is 14.5. The highest BCUT2D eigenvalue weighted by atomic mass is 31.0. The predicted molar refractivity (Wildman–Crippen MR) is 147 cm³/mol. The monoisotopic (exact) mass is 462 g/mol. The van der Waals surface area contributed by atoms with Crippen LogP contribution in [0.3, 0.4) is 0 Å². The highest BCUT2D eigenvalue weighted by Crippen LogP contribution is 2.59. The van der Waals surface area contributed by atoms with E-state index in [1.165, 1.54) is 49.9 Å². The lowest BCUT2D eigenvalue weighted by atomic mass is 9.56. The van der Waals surface area contributed by atoms with E-state index in [2.05, 4.69) is 108 Å². The fourth-order valence-corrected chi connectivity index (χ4v) is 9.44. The Labute approximate surface area is 203 Å². The molecule has 1 N–H and O–H groups in total. The molecule has 0 aromatic rings. The van der Waals surface area contributed by atoms with Gasteiger partial charge in [0.2, 0.25) is 0 Å². The maximum atomic E-state index is 4.64. The molecular formula is C29H55N2P. The fraction of sp³-hybridized carbons (Fsp3) is 0.862. The van der Waals surface area contributed by atoms with Gasteiger partial charge in [0.05, 0.1) is 0 Å². The van der Waals surface area contributed by atoms with Crippen molar-refractivity contribution in [3.63, 3.8) is 0 Å². The van der Waals surface area contributed by atoms with Gasteiger partial charge in [0.25, 0.3) is 0 Å². The summed E-state index contributed by atoms with van der Waals surface area (Å²) in [5, 5.41) is 3.73. The summed E-state index contributed by atoms with van der Waals surface area (Å²) in [5.41, 5.74) is 2.88. The number of fused-ring (bicyclic) bond motifs is 1. The molecule has 0 bridgehead atoms. The number of hydrogen-bond donors (Lipinski definition) is 1. The Kier molecular flexibility index (Phi) is 8.49. The molecule has 0 saturated carbocycles. The molecule has 2 aliphatic rings. The van der Waals surface area contributed by atoms with Crippen molar-refractivity contribution in [3.05, 3.63) is 24.0 Å². The Morgan fingerprint density at radius 2 is 1.59 bits per heavy atom. The van der Waals surface area contributed by atoms with Crippen LogP contribution < -0.4 is 5.32 Å². The lowest BCUT2D eigenvalue weighted by Gasteiger charge is -2.52. The largest absolute Gasteiger partial charge is 0.363 e. The van der Waals surface area contributed by atoms with Crippen LogP contribution in [-0.2, 0) is 0 Å². The van der Waals surface area contributed by atoms with E-state index in [9.17, 15) is 0 Å². The van der Waals surface area contributed by atoms with Gasteiger partial charge in [-0.1, -0.05) is 74.0 Å². The molecule has 1 saturated heterocycles. The Balaban J connectivity index is 2.72. The molecule has 2 aliphatic heterocycles. The summed E-state index contributed by atoms with van der Waals surface area (Å²) in [4.78, 5) is 2.95. The standard InChI is InChI=1S/C29H55N2P/c1-13-15-23(16-14-2)31-21(4)18-26(6,7)25-24(27(8,9)19-28(31,10)11)22(5)30-20(3)17-29(25,12)32/h17,21,23-25,30H,5,13-16,18-19,32H2,1-4,6-12H3. The van der Waals surface area contributed by atoms with Crippen molar-refractivity contribution in [3.8, 4) is 0 Å². The van der Waals surface area contributed by atoms with Crippen LogP contribution in [0.2, 0.25) is 0 Å². The van der Waals surface area contributed by atoms with Crippen LogP contribution >= 0.6 is 9.24 Å². The first-order valence-electron chi connectivity index (χ1n) is 13.2. The third-order valence-electron chi connectivity index (χ3n) is 8.47. The van der Waals surface area contributed by atoms with Gasteiger partial charge in [-0.2, -0.15) is 0 Å². The van der Waals surface area contributed by atoms with E-state index >= 15 is 0 Å². The molecule has 0 radical (unpaired) electrons. The molecular weight excluding hydrogens is 407 g/mol. The van der Waals surface area contributed by atoms with Crippen LogP contribution in [0.5, 0.6) is 0 Å². The zero-order valence-corrected chi connectivity index (χ0v) is 24.5. The summed E-state index contributed by atoms with van der Waals surface area (Å²) in [6.45, 7) is 31.6. The number of nitrogens with zero attached hydrogens (tertiary/aromatic N) is 1. The predicted octanol–water partition coefficient (Wildman–Crippen LogP) is 8.16. The Morgan fingerprint density at radius 1 is 1.06 bits per heavy atom. The number of nitrogens with one attached hydrogen (secondary N) is 1.